The molecule has 0 atom stereocenters. The minimum atomic E-state index is -0.254. The van der Waals surface area contributed by atoms with Gasteiger partial charge in [0.15, 0.2) is 0 Å². The Morgan fingerprint density at radius 2 is 2.04 bits per heavy atom. The third-order valence-corrected chi connectivity index (χ3v) is 5.59. The van der Waals surface area contributed by atoms with Crippen LogP contribution in [0.1, 0.15) is 50.5 Å². The third kappa shape index (κ3) is 4.24. The van der Waals surface area contributed by atoms with Crippen LogP contribution in [0, 0.1) is 5.82 Å². The second-order valence-corrected chi connectivity index (χ2v) is 7.64. The molecule has 4 nitrogen and oxygen atoms in total. The second-order valence-electron chi connectivity index (χ2n) is 7.64. The fourth-order valence-electron chi connectivity index (χ4n) is 4.18. The molecule has 2 aromatic heterocycles. The fraction of sp³-hybridized carbons (Fsp3) is 0.391. The number of nitrogens with zero attached hydrogens (tertiary/aromatic N) is 1. The number of aryl methyl sites for hydroxylation is 1. The van der Waals surface area contributed by atoms with Crippen LogP contribution in [0.2, 0.25) is 0 Å². The highest BCUT2D eigenvalue weighted by atomic mass is 19.1. The lowest BCUT2D eigenvalue weighted by molar-refractivity contribution is -0.122. The van der Waals surface area contributed by atoms with E-state index in [0.717, 1.165) is 47.1 Å². The number of aromatic nitrogens is 2. The van der Waals surface area contributed by atoms with E-state index in [9.17, 15) is 9.18 Å². The van der Waals surface area contributed by atoms with Crippen LogP contribution in [0.3, 0.4) is 0 Å². The number of carbonyl (C=O) groups is 1. The van der Waals surface area contributed by atoms with Crippen molar-refractivity contribution in [2.24, 2.45) is 0 Å². The van der Waals surface area contributed by atoms with E-state index in [1.807, 2.05) is 18.2 Å². The summed E-state index contributed by atoms with van der Waals surface area (Å²) in [4.78, 5) is 20.1. The summed E-state index contributed by atoms with van der Waals surface area (Å²) in [6, 6.07) is 10.9. The van der Waals surface area contributed by atoms with E-state index < -0.39 is 0 Å². The fourth-order valence-corrected chi connectivity index (χ4v) is 4.18. The summed E-state index contributed by atoms with van der Waals surface area (Å²) in [7, 11) is 0. The number of halogens is 1. The molecular weight excluding hydrogens is 353 g/mol. The zero-order valence-electron chi connectivity index (χ0n) is 16.0. The van der Waals surface area contributed by atoms with Crippen molar-refractivity contribution in [1.29, 1.82) is 0 Å². The summed E-state index contributed by atoms with van der Waals surface area (Å²) in [6.45, 7) is 0. The predicted octanol–water partition coefficient (Wildman–Crippen LogP) is 5.14. The van der Waals surface area contributed by atoms with E-state index >= 15 is 0 Å². The molecule has 1 saturated carbocycles. The zero-order chi connectivity index (χ0) is 19.3. The van der Waals surface area contributed by atoms with Crippen LogP contribution in [0.5, 0.6) is 0 Å². The van der Waals surface area contributed by atoms with E-state index in [4.69, 9.17) is 0 Å². The highest BCUT2D eigenvalue weighted by molar-refractivity contribution is 5.90. The normalized spacial score (nSPS) is 15.0. The molecule has 4 rings (SSSR count). The average molecular weight is 379 g/mol. The Balaban J connectivity index is 1.49. The molecule has 28 heavy (non-hydrogen) atoms. The van der Waals surface area contributed by atoms with Crippen LogP contribution < -0.4 is 5.32 Å². The van der Waals surface area contributed by atoms with Gasteiger partial charge in [-0.1, -0.05) is 25.3 Å². The minimum Gasteiger partial charge on any atom is -0.353 e. The number of fused-ring (bicyclic) bond motifs is 1. The van der Waals surface area contributed by atoms with E-state index in [1.165, 1.54) is 25.3 Å². The maximum atomic E-state index is 13.8. The van der Waals surface area contributed by atoms with Crippen LogP contribution in [-0.4, -0.2) is 21.9 Å². The number of amides is 1. The molecule has 5 heteroatoms. The van der Waals surface area contributed by atoms with Gasteiger partial charge in [-0.3, -0.25) is 9.78 Å². The van der Waals surface area contributed by atoms with Gasteiger partial charge in [-0.15, -0.1) is 0 Å². The van der Waals surface area contributed by atoms with Gasteiger partial charge in [0.1, 0.15) is 5.82 Å². The van der Waals surface area contributed by atoms with Crippen molar-refractivity contribution in [3.05, 3.63) is 54.0 Å². The Morgan fingerprint density at radius 1 is 1.18 bits per heavy atom. The lowest BCUT2D eigenvalue weighted by atomic mass is 9.95. The quantitative estimate of drug-likeness (QED) is 0.623. The monoisotopic (exact) mass is 379 g/mol. The van der Waals surface area contributed by atoms with Gasteiger partial charge in [-0.25, -0.2) is 4.39 Å². The van der Waals surface area contributed by atoms with E-state index in [-0.39, 0.29) is 11.7 Å². The Kier molecular flexibility index (Phi) is 5.70. The first kappa shape index (κ1) is 18.7. The van der Waals surface area contributed by atoms with Gasteiger partial charge in [0, 0.05) is 29.6 Å². The molecule has 0 spiro atoms. The number of pyridine rings is 1. The molecule has 1 aliphatic rings. The van der Waals surface area contributed by atoms with Crippen molar-refractivity contribution in [3.63, 3.8) is 0 Å². The molecule has 2 N–H and O–H groups in total. The van der Waals surface area contributed by atoms with Crippen molar-refractivity contribution < 1.29 is 9.18 Å². The van der Waals surface area contributed by atoms with Crippen molar-refractivity contribution >= 4 is 16.8 Å². The van der Waals surface area contributed by atoms with Crippen molar-refractivity contribution in [2.75, 3.05) is 0 Å². The van der Waals surface area contributed by atoms with Crippen LogP contribution in [-0.2, 0) is 11.2 Å². The minimum absolute atomic E-state index is 0.123. The Morgan fingerprint density at radius 3 is 2.82 bits per heavy atom. The van der Waals surface area contributed by atoms with Gasteiger partial charge in [-0.2, -0.15) is 0 Å². The number of aromatic amines is 1. The van der Waals surface area contributed by atoms with Crippen LogP contribution in [0.25, 0.3) is 22.3 Å². The summed E-state index contributed by atoms with van der Waals surface area (Å²) in [5, 5.41) is 4.04. The maximum Gasteiger partial charge on any atom is 0.220 e. The molecule has 0 saturated heterocycles. The van der Waals surface area contributed by atoms with Gasteiger partial charge in [-0.05, 0) is 61.6 Å². The number of hydrogen-bond donors (Lipinski definition) is 2. The molecule has 0 radical (unpaired) electrons. The first-order valence-electron chi connectivity index (χ1n) is 10.2. The smallest absolute Gasteiger partial charge is 0.220 e. The van der Waals surface area contributed by atoms with Gasteiger partial charge < -0.3 is 10.3 Å². The highest BCUT2D eigenvalue weighted by Gasteiger charge is 2.17. The van der Waals surface area contributed by atoms with Crippen molar-refractivity contribution in [1.82, 2.24) is 15.3 Å². The molecule has 0 unspecified atom stereocenters. The first-order valence-corrected chi connectivity index (χ1v) is 10.2. The molecule has 146 valence electrons. The molecule has 2 heterocycles. The molecular formula is C23H26FN3O. The SMILES string of the molecule is O=C(CCCc1c(-c2ccccn2)[nH]c2ccc(F)cc12)NC1CCCCC1. The number of H-pyrrole nitrogens is 1. The summed E-state index contributed by atoms with van der Waals surface area (Å²) < 4.78 is 13.8. The molecule has 0 bridgehead atoms. The number of benzene rings is 1. The molecule has 1 fully saturated rings. The summed E-state index contributed by atoms with van der Waals surface area (Å²) in [6.07, 6.45) is 9.55. The number of carbonyl (C=O) groups excluding carboxylic acids is 1. The Labute approximate surface area is 164 Å². The Hall–Kier alpha value is -2.69. The van der Waals surface area contributed by atoms with E-state index in [2.05, 4.69) is 15.3 Å². The molecule has 0 aliphatic heterocycles. The largest absolute Gasteiger partial charge is 0.353 e. The number of hydrogen-bond acceptors (Lipinski definition) is 2. The van der Waals surface area contributed by atoms with Crippen molar-refractivity contribution in [3.8, 4) is 11.4 Å². The second kappa shape index (κ2) is 8.55. The molecule has 3 aromatic rings. The topological polar surface area (TPSA) is 57.8 Å². The van der Waals surface area contributed by atoms with E-state index in [1.54, 1.807) is 18.3 Å². The number of rotatable bonds is 6. The van der Waals surface area contributed by atoms with Gasteiger partial charge in [0.05, 0.1) is 11.4 Å². The third-order valence-electron chi connectivity index (χ3n) is 5.59. The molecule has 1 amide bonds. The van der Waals surface area contributed by atoms with Crippen molar-refractivity contribution in [2.45, 2.75) is 57.4 Å². The summed E-state index contributed by atoms with van der Waals surface area (Å²) >= 11 is 0. The van der Waals surface area contributed by atoms with Crippen LogP contribution >= 0.6 is 0 Å². The lowest BCUT2D eigenvalue weighted by Crippen LogP contribution is -2.36. The highest BCUT2D eigenvalue weighted by Crippen LogP contribution is 2.31. The van der Waals surface area contributed by atoms with Gasteiger partial charge in [0.25, 0.3) is 0 Å². The summed E-state index contributed by atoms with van der Waals surface area (Å²) in [5.74, 6) is -0.132. The summed E-state index contributed by atoms with van der Waals surface area (Å²) in [5.41, 5.74) is 3.66. The average Bonchev–Trinajstić information content (AvgIpc) is 3.07. The van der Waals surface area contributed by atoms with Gasteiger partial charge in [0.2, 0.25) is 5.91 Å². The van der Waals surface area contributed by atoms with Gasteiger partial charge >= 0.3 is 0 Å². The molecule has 1 aromatic carbocycles. The van der Waals surface area contributed by atoms with Crippen LogP contribution in [0.15, 0.2) is 42.6 Å². The van der Waals surface area contributed by atoms with Crippen LogP contribution in [0.4, 0.5) is 4.39 Å². The standard InChI is InChI=1S/C23H26FN3O/c24-16-12-13-20-19(15-16)18(23(27-20)21-10-4-5-14-25-21)9-6-11-22(28)26-17-7-2-1-3-8-17/h4-5,10,12-15,17,27H,1-3,6-9,11H2,(H,26,28). The molecule has 1 aliphatic carbocycles. The predicted molar refractivity (Wildman–Crippen MR) is 109 cm³/mol. The Bertz CT molecular complexity index is 945. The first-order chi connectivity index (χ1) is 13.7. The maximum absolute atomic E-state index is 13.8. The zero-order valence-corrected chi connectivity index (χ0v) is 16.0. The van der Waals surface area contributed by atoms with E-state index in [0.29, 0.717) is 18.9 Å². The number of nitrogens with one attached hydrogen (secondary N) is 2. The lowest BCUT2D eigenvalue weighted by Gasteiger charge is -2.22.